The van der Waals surface area contributed by atoms with Gasteiger partial charge in [0.25, 0.3) is 5.91 Å². The highest BCUT2D eigenvalue weighted by Gasteiger charge is 2.80. The minimum atomic E-state index is -0.678. The Morgan fingerprint density at radius 3 is 2.79 bits per heavy atom. The van der Waals surface area contributed by atoms with E-state index in [1.807, 2.05) is 17.9 Å². The van der Waals surface area contributed by atoms with Gasteiger partial charge in [-0.3, -0.25) is 9.69 Å². The smallest absolute Gasteiger partial charge is 0.258 e. The molecule has 0 spiro atoms. The van der Waals surface area contributed by atoms with Gasteiger partial charge >= 0.3 is 0 Å². The second-order valence-electron chi connectivity index (χ2n) is 11.3. The molecule has 39 heavy (non-hydrogen) atoms. The highest BCUT2D eigenvalue weighted by Crippen LogP contribution is 2.59. The predicted octanol–water partition coefficient (Wildman–Crippen LogP) is 3.82. The average molecular weight is 522 g/mol. The molecule has 1 aliphatic carbocycles. The van der Waals surface area contributed by atoms with Crippen LogP contribution >= 0.6 is 0 Å². The van der Waals surface area contributed by atoms with E-state index in [1.165, 1.54) is 6.07 Å². The minimum absolute atomic E-state index is 0.00959. The number of hydrogen-bond donors (Lipinski definition) is 1. The number of pyridine rings is 1. The Balaban J connectivity index is 1.15. The number of piperazine rings is 1. The lowest BCUT2D eigenvalue weighted by Crippen LogP contribution is -2.30. The fourth-order valence-electron chi connectivity index (χ4n) is 6.43. The summed E-state index contributed by atoms with van der Waals surface area (Å²) in [5.74, 6) is -0.501. The highest BCUT2D eigenvalue weighted by molar-refractivity contribution is 5.95. The standard InChI is InChI=1S/C29H24FN7O2/c1-14-24(33-36-12-17(10-31-26(14)36)29(39)35-13-21-25-28(35)37(21)25)20-9-16-7-8-19(18-3-2-4-22(38)23(18)30)32-27(16)34(20)11-15-5-6-15/h2-4,7-10,12,15,21,25,28,38H,5-6,11,13H2,1H3/t21?,25-,28?,37?/m1/s1. The van der Waals surface area contributed by atoms with Crippen molar-refractivity contribution < 1.29 is 14.3 Å². The van der Waals surface area contributed by atoms with E-state index in [9.17, 15) is 14.3 Å². The van der Waals surface area contributed by atoms with Crippen LogP contribution in [-0.4, -0.2) is 69.8 Å². The summed E-state index contributed by atoms with van der Waals surface area (Å²) in [6.07, 6.45) is 6.06. The fraction of sp³-hybridized carbons (Fsp3) is 0.310. The number of nitrogens with zero attached hydrogens (tertiary/aromatic N) is 7. The first kappa shape index (κ1) is 21.6. The van der Waals surface area contributed by atoms with E-state index in [0.717, 1.165) is 53.9 Å². The molecule has 0 radical (unpaired) electrons. The van der Waals surface area contributed by atoms with E-state index in [1.54, 1.807) is 35.1 Å². The van der Waals surface area contributed by atoms with Crippen molar-refractivity contribution in [1.29, 1.82) is 0 Å². The normalized spacial score (nSPS) is 24.5. The van der Waals surface area contributed by atoms with Gasteiger partial charge in [0.05, 0.1) is 23.0 Å². The van der Waals surface area contributed by atoms with Crippen molar-refractivity contribution in [3.8, 4) is 28.4 Å². The van der Waals surface area contributed by atoms with Crippen molar-refractivity contribution in [2.75, 3.05) is 6.54 Å². The van der Waals surface area contributed by atoms with E-state index in [0.29, 0.717) is 34.9 Å². The maximum atomic E-state index is 14.7. The summed E-state index contributed by atoms with van der Waals surface area (Å²) in [7, 11) is 0. The molecule has 4 saturated heterocycles. The topological polar surface area (TPSA) is 91.6 Å². The molecular formula is C29H24FN7O2. The number of amides is 1. The molecule has 1 N–H and O–H groups in total. The van der Waals surface area contributed by atoms with Crippen molar-refractivity contribution in [2.24, 2.45) is 5.92 Å². The number of fused-ring (bicyclic) bond motifs is 3. The second-order valence-corrected chi connectivity index (χ2v) is 11.3. The first-order valence-electron chi connectivity index (χ1n) is 13.4. The fourth-order valence-corrected chi connectivity index (χ4v) is 6.43. The van der Waals surface area contributed by atoms with Gasteiger partial charge in [0.1, 0.15) is 17.5 Å². The van der Waals surface area contributed by atoms with Gasteiger partial charge in [-0.1, -0.05) is 6.07 Å². The Labute approximate surface area is 222 Å². The van der Waals surface area contributed by atoms with Crippen LogP contribution in [0.2, 0.25) is 0 Å². The van der Waals surface area contributed by atoms with E-state index < -0.39 is 11.6 Å². The third-order valence-electron chi connectivity index (χ3n) is 8.85. The van der Waals surface area contributed by atoms with Gasteiger partial charge in [0.15, 0.2) is 17.2 Å². The number of phenolic OH excluding ortho intramolecular Hbond substituents is 1. The molecule has 194 valence electrons. The summed E-state index contributed by atoms with van der Waals surface area (Å²) in [5.41, 5.74) is 5.36. The van der Waals surface area contributed by atoms with Gasteiger partial charge in [-0.05, 0) is 56.0 Å². The average Bonchev–Trinajstić information content (AvgIpc) is 3.89. The summed E-state index contributed by atoms with van der Waals surface area (Å²) < 4.78 is 18.6. The summed E-state index contributed by atoms with van der Waals surface area (Å²) in [4.78, 5) is 27.0. The quantitative estimate of drug-likeness (QED) is 0.354. The van der Waals surface area contributed by atoms with Gasteiger partial charge in [-0.15, -0.1) is 0 Å². The third kappa shape index (κ3) is 2.97. The molecule has 8 heterocycles. The summed E-state index contributed by atoms with van der Waals surface area (Å²) >= 11 is 0. The molecule has 5 aromatic rings. The van der Waals surface area contributed by atoms with Crippen LogP contribution in [0.4, 0.5) is 4.39 Å². The van der Waals surface area contributed by atoms with Gasteiger partial charge in [0.2, 0.25) is 0 Å². The zero-order valence-electron chi connectivity index (χ0n) is 21.1. The van der Waals surface area contributed by atoms with Crippen molar-refractivity contribution in [3.63, 3.8) is 0 Å². The predicted molar refractivity (Wildman–Crippen MR) is 140 cm³/mol. The molecule has 9 nitrogen and oxygen atoms in total. The summed E-state index contributed by atoms with van der Waals surface area (Å²) in [6.45, 7) is 3.59. The first-order valence-corrected chi connectivity index (χ1v) is 13.4. The molecular weight excluding hydrogens is 497 g/mol. The van der Waals surface area contributed by atoms with Gasteiger partial charge in [-0.2, -0.15) is 5.10 Å². The number of rotatable bonds is 5. The van der Waals surface area contributed by atoms with Crippen LogP contribution in [0.3, 0.4) is 0 Å². The van der Waals surface area contributed by atoms with Gasteiger partial charge in [0, 0.05) is 48.0 Å². The number of carbonyl (C=O) groups excluding carboxylic acids is 1. The molecule has 1 amide bonds. The SMILES string of the molecule is Cc1c(-c2cc3ccc(-c4cccc(O)c4F)nc3n2CC2CC2)nn2cc(C(=O)N3CC4[C@@H]5C3N45)cnc12. The molecule has 4 atom stereocenters. The monoisotopic (exact) mass is 521 g/mol. The zero-order valence-corrected chi connectivity index (χ0v) is 21.1. The van der Waals surface area contributed by atoms with Crippen LogP contribution in [0.15, 0.2) is 48.8 Å². The molecule has 10 rings (SSSR count). The number of aryl methyl sites for hydroxylation is 1. The molecule has 3 unspecified atom stereocenters. The number of halogens is 1. The van der Waals surface area contributed by atoms with E-state index >= 15 is 0 Å². The Bertz CT molecular complexity index is 1870. The summed E-state index contributed by atoms with van der Waals surface area (Å²) in [6, 6.07) is 11.5. The maximum absolute atomic E-state index is 14.7. The van der Waals surface area contributed by atoms with Crippen molar-refractivity contribution in [2.45, 2.75) is 44.6 Å². The lowest BCUT2D eigenvalue weighted by molar-refractivity contribution is 0.0775. The lowest BCUT2D eigenvalue weighted by Gasteiger charge is -2.14. The van der Waals surface area contributed by atoms with Crippen LogP contribution in [0, 0.1) is 18.7 Å². The number of aromatic nitrogens is 5. The van der Waals surface area contributed by atoms with Crippen molar-refractivity contribution in [1.82, 2.24) is 33.9 Å². The zero-order chi connectivity index (χ0) is 26.2. The first-order chi connectivity index (χ1) is 19.0. The molecule has 5 aliphatic rings. The molecule has 2 bridgehead atoms. The lowest BCUT2D eigenvalue weighted by atomic mass is 10.1. The highest BCUT2D eigenvalue weighted by atomic mass is 19.1. The van der Waals surface area contributed by atoms with Gasteiger partial charge < -0.3 is 14.6 Å². The number of benzene rings is 1. The summed E-state index contributed by atoms with van der Waals surface area (Å²) in [5, 5.41) is 15.7. The number of hydrogen-bond acceptors (Lipinski definition) is 6. The number of carbonyl (C=O) groups is 1. The van der Waals surface area contributed by atoms with Crippen LogP contribution in [-0.2, 0) is 6.54 Å². The molecule has 10 heteroatoms. The van der Waals surface area contributed by atoms with E-state index in [4.69, 9.17) is 10.1 Å². The van der Waals surface area contributed by atoms with Crippen molar-refractivity contribution >= 4 is 22.6 Å². The molecule has 4 aliphatic heterocycles. The van der Waals surface area contributed by atoms with Crippen LogP contribution in [0.25, 0.3) is 39.3 Å². The van der Waals surface area contributed by atoms with Crippen LogP contribution in [0.5, 0.6) is 5.75 Å². The molecule has 5 fully saturated rings. The Morgan fingerprint density at radius 2 is 2.03 bits per heavy atom. The van der Waals surface area contributed by atoms with Crippen LogP contribution in [0.1, 0.15) is 28.8 Å². The largest absolute Gasteiger partial charge is 0.505 e. The maximum Gasteiger partial charge on any atom is 0.258 e. The minimum Gasteiger partial charge on any atom is -0.505 e. The Morgan fingerprint density at radius 1 is 1.18 bits per heavy atom. The number of aromatic hydroxyl groups is 1. The molecule has 1 saturated carbocycles. The van der Waals surface area contributed by atoms with Crippen molar-refractivity contribution in [3.05, 3.63) is 65.7 Å². The van der Waals surface area contributed by atoms with E-state index in [-0.39, 0.29) is 17.6 Å². The number of phenols is 1. The third-order valence-corrected chi connectivity index (χ3v) is 8.85. The molecule has 1 aromatic carbocycles. The van der Waals surface area contributed by atoms with Crippen LogP contribution < -0.4 is 0 Å². The van der Waals surface area contributed by atoms with Gasteiger partial charge in [-0.25, -0.2) is 18.9 Å². The molecule has 4 aromatic heterocycles. The van der Waals surface area contributed by atoms with E-state index in [2.05, 4.69) is 20.5 Å². The Hall–Kier alpha value is -4.31. The second kappa shape index (κ2) is 7.20. The Kier molecular flexibility index (Phi) is 3.99.